The lowest BCUT2D eigenvalue weighted by atomic mass is 9.62. The SMILES string of the molecule is O=C(O)C1C2C=CC(C3CC23)C1C(=O)Nc1ccc(Oc2ccccc2Cl)cc1. The third kappa shape index (κ3) is 3.19. The largest absolute Gasteiger partial charge is 0.481 e. The second-order valence-electron chi connectivity index (χ2n) is 8.04. The molecule has 6 rings (SSSR count). The number of amides is 1. The number of nitrogens with one attached hydrogen (secondary N) is 1. The number of fused-ring (bicyclic) bond motifs is 1. The van der Waals surface area contributed by atoms with Crippen LogP contribution in [0.15, 0.2) is 60.7 Å². The van der Waals surface area contributed by atoms with E-state index in [9.17, 15) is 14.7 Å². The smallest absolute Gasteiger partial charge is 0.307 e. The van der Waals surface area contributed by atoms with Crippen LogP contribution in [0.3, 0.4) is 0 Å². The van der Waals surface area contributed by atoms with Crippen LogP contribution in [0.5, 0.6) is 11.5 Å². The summed E-state index contributed by atoms with van der Waals surface area (Å²) >= 11 is 6.11. The number of carbonyl (C=O) groups excluding carboxylic acids is 1. The summed E-state index contributed by atoms with van der Waals surface area (Å²) in [5.41, 5.74) is 0.614. The van der Waals surface area contributed by atoms with Gasteiger partial charge in [0.05, 0.1) is 16.9 Å². The van der Waals surface area contributed by atoms with Gasteiger partial charge >= 0.3 is 5.97 Å². The van der Waals surface area contributed by atoms with Crippen LogP contribution in [0, 0.1) is 35.5 Å². The Bertz CT molecular complexity index is 1000. The molecule has 0 aromatic heterocycles. The Morgan fingerprint density at radius 3 is 2.28 bits per heavy atom. The summed E-state index contributed by atoms with van der Waals surface area (Å²) < 4.78 is 5.76. The van der Waals surface area contributed by atoms with Crippen molar-refractivity contribution in [3.8, 4) is 11.5 Å². The van der Waals surface area contributed by atoms with Crippen molar-refractivity contribution in [3.63, 3.8) is 0 Å². The van der Waals surface area contributed by atoms with Crippen molar-refractivity contribution in [1.82, 2.24) is 0 Å². The molecule has 6 unspecified atom stereocenters. The highest BCUT2D eigenvalue weighted by molar-refractivity contribution is 6.32. The number of para-hydroxylation sites is 1. The number of aliphatic carboxylic acids is 1. The number of benzene rings is 2. The molecule has 0 spiro atoms. The van der Waals surface area contributed by atoms with Gasteiger partial charge in [-0.3, -0.25) is 9.59 Å². The fourth-order valence-electron chi connectivity index (χ4n) is 5.06. The van der Waals surface area contributed by atoms with Gasteiger partial charge in [-0.2, -0.15) is 0 Å². The summed E-state index contributed by atoms with van der Waals surface area (Å²) in [5.74, 6) is -0.209. The molecular formula is C23H20ClNO4. The second kappa shape index (κ2) is 6.92. The Morgan fingerprint density at radius 2 is 1.62 bits per heavy atom. The van der Waals surface area contributed by atoms with E-state index in [0.29, 0.717) is 34.0 Å². The molecule has 4 aliphatic rings. The van der Waals surface area contributed by atoms with Crippen molar-refractivity contribution >= 4 is 29.2 Å². The average molecular weight is 410 g/mol. The number of halogens is 1. The van der Waals surface area contributed by atoms with Gasteiger partial charge in [0.25, 0.3) is 0 Å². The number of hydrogen-bond donors (Lipinski definition) is 2. The first-order valence-electron chi connectivity index (χ1n) is 9.77. The molecular weight excluding hydrogens is 390 g/mol. The van der Waals surface area contributed by atoms with Crippen molar-refractivity contribution in [2.75, 3.05) is 5.32 Å². The Hall–Kier alpha value is -2.79. The van der Waals surface area contributed by atoms with Crippen LogP contribution in [0.25, 0.3) is 0 Å². The van der Waals surface area contributed by atoms with Gasteiger partial charge in [0.1, 0.15) is 11.5 Å². The van der Waals surface area contributed by atoms with Crippen molar-refractivity contribution in [2.45, 2.75) is 6.42 Å². The molecule has 6 heteroatoms. The quantitative estimate of drug-likeness (QED) is 0.693. The molecule has 6 atom stereocenters. The molecule has 4 aliphatic carbocycles. The molecule has 2 N–H and O–H groups in total. The monoisotopic (exact) mass is 409 g/mol. The maximum absolute atomic E-state index is 13.0. The molecule has 29 heavy (non-hydrogen) atoms. The van der Waals surface area contributed by atoms with Crippen molar-refractivity contribution in [1.29, 1.82) is 0 Å². The zero-order chi connectivity index (χ0) is 20.1. The molecule has 0 heterocycles. The van der Waals surface area contributed by atoms with Crippen molar-refractivity contribution in [2.24, 2.45) is 35.5 Å². The fourth-order valence-corrected chi connectivity index (χ4v) is 5.23. The summed E-state index contributed by atoms with van der Waals surface area (Å²) in [7, 11) is 0. The predicted octanol–water partition coefficient (Wildman–Crippen LogP) is 4.84. The first-order chi connectivity index (χ1) is 14.0. The lowest BCUT2D eigenvalue weighted by molar-refractivity contribution is -0.152. The minimum atomic E-state index is -0.877. The van der Waals surface area contributed by atoms with Gasteiger partial charge in [0.2, 0.25) is 5.91 Å². The minimum absolute atomic E-state index is 0.0222. The van der Waals surface area contributed by atoms with E-state index in [4.69, 9.17) is 16.3 Å². The second-order valence-corrected chi connectivity index (χ2v) is 8.45. The highest BCUT2D eigenvalue weighted by Crippen LogP contribution is 2.63. The van der Waals surface area contributed by atoms with E-state index in [2.05, 4.69) is 11.4 Å². The number of allylic oxidation sites excluding steroid dienone is 2. The third-order valence-electron chi connectivity index (χ3n) is 6.43. The summed E-state index contributed by atoms with van der Waals surface area (Å²) in [6.45, 7) is 0. The van der Waals surface area contributed by atoms with Crippen LogP contribution in [-0.4, -0.2) is 17.0 Å². The zero-order valence-electron chi connectivity index (χ0n) is 15.5. The third-order valence-corrected chi connectivity index (χ3v) is 6.74. The number of ether oxygens (including phenoxy) is 1. The normalized spacial score (nSPS) is 31.1. The average Bonchev–Trinajstić information content (AvgIpc) is 3.53. The van der Waals surface area contributed by atoms with E-state index >= 15 is 0 Å². The van der Waals surface area contributed by atoms with Crippen LogP contribution in [0.1, 0.15) is 6.42 Å². The van der Waals surface area contributed by atoms with Crippen molar-refractivity contribution < 1.29 is 19.4 Å². The topological polar surface area (TPSA) is 75.6 Å². The summed E-state index contributed by atoms with van der Waals surface area (Å²) in [6, 6.07) is 14.2. The summed E-state index contributed by atoms with van der Waals surface area (Å²) in [6.07, 6.45) is 5.11. The van der Waals surface area contributed by atoms with Crippen LogP contribution in [0.2, 0.25) is 5.02 Å². The maximum atomic E-state index is 13.0. The lowest BCUT2D eigenvalue weighted by Crippen LogP contribution is -2.48. The summed E-state index contributed by atoms with van der Waals surface area (Å²) in [4.78, 5) is 24.9. The summed E-state index contributed by atoms with van der Waals surface area (Å²) in [5, 5.41) is 13.2. The molecule has 2 aromatic carbocycles. The number of rotatable bonds is 5. The molecule has 2 saturated carbocycles. The van der Waals surface area contributed by atoms with Gasteiger partial charge in [-0.05, 0) is 66.5 Å². The van der Waals surface area contributed by atoms with E-state index in [1.165, 1.54) is 0 Å². The molecule has 2 bridgehead atoms. The number of carboxylic acid groups (broad SMARTS) is 1. The molecule has 5 nitrogen and oxygen atoms in total. The van der Waals surface area contributed by atoms with Gasteiger partial charge in [-0.1, -0.05) is 35.9 Å². The van der Waals surface area contributed by atoms with Gasteiger partial charge in [0.15, 0.2) is 0 Å². The van der Waals surface area contributed by atoms with Crippen LogP contribution in [0.4, 0.5) is 5.69 Å². The Balaban J connectivity index is 1.30. The van der Waals surface area contributed by atoms with Crippen LogP contribution >= 0.6 is 11.6 Å². The van der Waals surface area contributed by atoms with E-state index in [1.54, 1.807) is 36.4 Å². The number of carbonyl (C=O) groups is 2. The van der Waals surface area contributed by atoms with Crippen LogP contribution in [-0.2, 0) is 9.59 Å². The Kier molecular flexibility index (Phi) is 4.36. The Labute approximate surface area is 173 Å². The van der Waals surface area contributed by atoms with E-state index in [0.717, 1.165) is 6.42 Å². The zero-order valence-corrected chi connectivity index (χ0v) is 16.3. The first kappa shape index (κ1) is 18.3. The maximum Gasteiger partial charge on any atom is 0.307 e. The van der Waals surface area contributed by atoms with Crippen LogP contribution < -0.4 is 10.1 Å². The fraction of sp³-hybridized carbons (Fsp3) is 0.304. The lowest BCUT2D eigenvalue weighted by Gasteiger charge is -2.41. The molecule has 0 radical (unpaired) electrons. The molecule has 0 aliphatic heterocycles. The molecule has 0 saturated heterocycles. The number of carboxylic acids is 1. The standard InChI is InChI=1S/C23H20ClNO4/c24-18-3-1-2-4-19(18)29-13-7-5-12(6-8-13)25-22(26)20-14-9-10-15(17-11-16(14)17)21(20)23(27)28/h1-10,14-17,20-21H,11H2,(H,25,26)(H,27,28). The first-order valence-corrected chi connectivity index (χ1v) is 10.1. The number of hydrogen-bond acceptors (Lipinski definition) is 3. The van der Waals surface area contributed by atoms with Crippen molar-refractivity contribution in [3.05, 3.63) is 65.7 Å². The highest BCUT2D eigenvalue weighted by atomic mass is 35.5. The predicted molar refractivity (Wildman–Crippen MR) is 109 cm³/mol. The van der Waals surface area contributed by atoms with Gasteiger partial charge in [-0.25, -0.2) is 0 Å². The van der Waals surface area contributed by atoms with Gasteiger partial charge in [0, 0.05) is 5.69 Å². The van der Waals surface area contributed by atoms with E-state index in [1.807, 2.05) is 18.2 Å². The van der Waals surface area contributed by atoms with Gasteiger partial charge in [-0.15, -0.1) is 0 Å². The van der Waals surface area contributed by atoms with E-state index < -0.39 is 17.8 Å². The molecule has 148 valence electrons. The molecule has 2 aromatic rings. The highest BCUT2D eigenvalue weighted by Gasteiger charge is 2.62. The molecule has 1 amide bonds. The Morgan fingerprint density at radius 1 is 0.966 bits per heavy atom. The van der Waals surface area contributed by atoms with E-state index in [-0.39, 0.29) is 17.7 Å². The number of anilines is 1. The molecule has 2 fully saturated rings. The van der Waals surface area contributed by atoms with Gasteiger partial charge < -0.3 is 15.2 Å². The minimum Gasteiger partial charge on any atom is -0.481 e.